The predicted octanol–water partition coefficient (Wildman–Crippen LogP) is 7.74. The van der Waals surface area contributed by atoms with E-state index in [2.05, 4.69) is 26.1 Å². The Kier molecular flexibility index (Phi) is 10.2. The monoisotopic (exact) mass is 666 g/mol. The first-order chi connectivity index (χ1) is 19.2. The normalized spacial score (nSPS) is 11.8. The first-order valence-electron chi connectivity index (χ1n) is 12.1. The third kappa shape index (κ3) is 7.20. The second-order valence-electron chi connectivity index (χ2n) is 8.49. The molecule has 0 N–H and O–H groups in total. The maximum atomic E-state index is 11.7. The van der Waals surface area contributed by atoms with E-state index in [1.54, 1.807) is 24.3 Å². The molecule has 4 aromatic rings. The summed E-state index contributed by atoms with van der Waals surface area (Å²) >= 11 is 16.9. The van der Waals surface area contributed by atoms with E-state index in [4.69, 9.17) is 37.4 Å². The number of hydrogen-bond acceptors (Lipinski definition) is 8. The van der Waals surface area contributed by atoms with Crippen LogP contribution in [-0.2, 0) is 6.61 Å². The maximum Gasteiger partial charge on any atom is 0.220 e. The highest BCUT2D eigenvalue weighted by molar-refractivity contribution is 9.10. The van der Waals surface area contributed by atoms with Crippen LogP contribution < -0.4 is 14.2 Å². The van der Waals surface area contributed by atoms with Gasteiger partial charge in [0.2, 0.25) is 6.54 Å². The lowest BCUT2D eigenvalue weighted by Gasteiger charge is -2.18. The predicted molar refractivity (Wildman–Crippen MR) is 159 cm³/mol. The van der Waals surface area contributed by atoms with E-state index in [1.807, 2.05) is 48.7 Å². The van der Waals surface area contributed by atoms with Crippen molar-refractivity contribution in [1.82, 2.24) is 14.8 Å². The number of benzene rings is 3. The summed E-state index contributed by atoms with van der Waals surface area (Å²) in [6, 6.07) is 16.3. The fraction of sp³-hybridized carbons (Fsp3) is 0.259. The van der Waals surface area contributed by atoms with Crippen LogP contribution in [0.15, 0.2) is 64.2 Å². The molecule has 1 aromatic heterocycles. The van der Waals surface area contributed by atoms with Gasteiger partial charge in [-0.25, -0.2) is 0 Å². The van der Waals surface area contributed by atoms with Gasteiger partial charge in [0, 0.05) is 10.6 Å². The Balaban J connectivity index is 1.63. The van der Waals surface area contributed by atoms with Gasteiger partial charge in [0.25, 0.3) is 0 Å². The van der Waals surface area contributed by atoms with E-state index in [0.717, 1.165) is 17.0 Å². The van der Waals surface area contributed by atoms with Crippen molar-refractivity contribution in [2.24, 2.45) is 0 Å². The van der Waals surface area contributed by atoms with Crippen molar-refractivity contribution < 1.29 is 19.1 Å². The number of rotatable bonds is 12. The van der Waals surface area contributed by atoms with Gasteiger partial charge >= 0.3 is 0 Å². The fourth-order valence-electron chi connectivity index (χ4n) is 3.90. The quantitative estimate of drug-likeness (QED) is 0.0859. The molecule has 0 radical (unpaired) electrons. The molecule has 0 unspecified atom stereocenters. The Morgan fingerprint density at radius 2 is 1.82 bits per heavy atom. The van der Waals surface area contributed by atoms with Gasteiger partial charge in [-0.1, -0.05) is 41.0 Å². The van der Waals surface area contributed by atoms with Crippen LogP contribution in [0, 0.1) is 17.0 Å². The van der Waals surface area contributed by atoms with Crippen molar-refractivity contribution in [3.05, 3.63) is 96.2 Å². The van der Waals surface area contributed by atoms with E-state index < -0.39 is 5.25 Å². The lowest BCUT2D eigenvalue weighted by Crippen LogP contribution is -2.12. The number of aryl methyl sites for hydroxylation is 1. The van der Waals surface area contributed by atoms with Crippen molar-refractivity contribution >= 4 is 50.9 Å². The summed E-state index contributed by atoms with van der Waals surface area (Å²) in [6.45, 7) is 4.17. The molecule has 0 aliphatic heterocycles. The summed E-state index contributed by atoms with van der Waals surface area (Å²) < 4.78 is 19.6. The van der Waals surface area contributed by atoms with Crippen molar-refractivity contribution in [2.45, 2.75) is 30.9 Å². The van der Waals surface area contributed by atoms with Crippen LogP contribution in [0.4, 0.5) is 0 Å². The van der Waals surface area contributed by atoms with Crippen LogP contribution in [0.5, 0.6) is 17.2 Å². The number of halogens is 3. The summed E-state index contributed by atoms with van der Waals surface area (Å²) in [6.07, 6.45) is 0. The summed E-state index contributed by atoms with van der Waals surface area (Å²) in [7, 11) is 1.51. The highest BCUT2D eigenvalue weighted by atomic mass is 79.9. The minimum atomic E-state index is -0.602. The number of nitrogens with zero attached hydrogens (tertiary/aromatic N) is 4. The van der Waals surface area contributed by atoms with Gasteiger partial charge in [-0.2, -0.15) is 0 Å². The van der Waals surface area contributed by atoms with Gasteiger partial charge in [0.1, 0.15) is 23.4 Å². The average molecular weight is 668 g/mol. The molecule has 0 bridgehead atoms. The third-order valence-electron chi connectivity index (χ3n) is 5.75. The molecule has 4 rings (SSSR count). The number of hydrogen-bond donors (Lipinski definition) is 0. The number of thioether (sulfide) groups is 1. The molecule has 13 heteroatoms. The standard InChI is InChI=1S/C27H25BrCl2N4O5S/c1-4-38-20-8-6-19(7-9-20)34-16(2)31-32-27(34)40-25(14-33(35)36)18-12-21(28)26(24(13-18)37-3)39-15-17-5-10-22(29)23(30)11-17/h5-13,25H,4,14-15H2,1-3H3/t25-/m0/s1. The topological polar surface area (TPSA) is 102 Å². The van der Waals surface area contributed by atoms with Crippen LogP contribution in [0.25, 0.3) is 5.69 Å². The van der Waals surface area contributed by atoms with Crippen LogP contribution >= 0.6 is 50.9 Å². The minimum absolute atomic E-state index is 0.211. The molecule has 0 amide bonds. The molecule has 0 aliphatic rings. The Hall–Kier alpha value is -2.99. The molecular weight excluding hydrogens is 643 g/mol. The number of aromatic nitrogens is 3. The highest BCUT2D eigenvalue weighted by Crippen LogP contribution is 2.43. The number of nitro groups is 1. The molecule has 0 saturated carbocycles. The SMILES string of the molecule is CCOc1ccc(-n2c(C)nnc2S[C@@H](C[N+](=O)[O-])c2cc(Br)c(OCc3ccc(Cl)c(Cl)c3)c(OC)c2)cc1. The highest BCUT2D eigenvalue weighted by Gasteiger charge is 2.26. The van der Waals surface area contributed by atoms with Crippen LogP contribution in [0.3, 0.4) is 0 Å². The number of ether oxygens (including phenoxy) is 3. The van der Waals surface area contributed by atoms with Gasteiger partial charge in [0.15, 0.2) is 16.7 Å². The molecule has 0 fully saturated rings. The van der Waals surface area contributed by atoms with E-state index in [1.165, 1.54) is 18.9 Å². The first kappa shape index (κ1) is 30.0. The average Bonchev–Trinajstić information content (AvgIpc) is 3.29. The lowest BCUT2D eigenvalue weighted by molar-refractivity contribution is -0.479. The summed E-state index contributed by atoms with van der Waals surface area (Å²) in [5.41, 5.74) is 2.29. The zero-order valence-electron chi connectivity index (χ0n) is 21.8. The second kappa shape index (κ2) is 13.6. The zero-order chi connectivity index (χ0) is 28.8. The van der Waals surface area contributed by atoms with E-state index >= 15 is 0 Å². The largest absolute Gasteiger partial charge is 0.494 e. The first-order valence-corrected chi connectivity index (χ1v) is 14.5. The van der Waals surface area contributed by atoms with Crippen LogP contribution in [0.1, 0.15) is 29.1 Å². The van der Waals surface area contributed by atoms with Crippen molar-refractivity contribution in [1.29, 1.82) is 0 Å². The molecule has 3 aromatic carbocycles. The van der Waals surface area contributed by atoms with Crippen molar-refractivity contribution in [3.8, 4) is 22.9 Å². The van der Waals surface area contributed by atoms with Crippen molar-refractivity contribution in [2.75, 3.05) is 20.3 Å². The molecule has 1 atom stereocenters. The maximum absolute atomic E-state index is 11.7. The van der Waals surface area contributed by atoms with Gasteiger partial charge in [-0.15, -0.1) is 10.2 Å². The molecule has 210 valence electrons. The molecule has 9 nitrogen and oxygen atoms in total. The van der Waals surface area contributed by atoms with E-state index in [0.29, 0.717) is 49.2 Å². The lowest BCUT2D eigenvalue weighted by atomic mass is 10.1. The third-order valence-corrected chi connectivity index (χ3v) is 8.26. The summed E-state index contributed by atoms with van der Waals surface area (Å²) in [5, 5.41) is 21.0. The smallest absolute Gasteiger partial charge is 0.220 e. The minimum Gasteiger partial charge on any atom is -0.494 e. The van der Waals surface area contributed by atoms with Crippen molar-refractivity contribution in [3.63, 3.8) is 0 Å². The molecule has 0 aliphatic carbocycles. The summed E-state index contributed by atoms with van der Waals surface area (Å²) in [5.74, 6) is 2.27. The molecule has 0 spiro atoms. The fourth-order valence-corrected chi connectivity index (χ4v) is 5.95. The molecule has 1 heterocycles. The van der Waals surface area contributed by atoms with Gasteiger partial charge < -0.3 is 14.2 Å². The van der Waals surface area contributed by atoms with Gasteiger partial charge in [-0.3, -0.25) is 14.7 Å². The Bertz CT molecular complexity index is 1500. The Labute approximate surface area is 254 Å². The second-order valence-corrected chi connectivity index (χ2v) is 11.3. The van der Waals surface area contributed by atoms with E-state index in [-0.39, 0.29) is 18.1 Å². The van der Waals surface area contributed by atoms with Crippen LogP contribution in [-0.4, -0.2) is 39.9 Å². The van der Waals surface area contributed by atoms with Gasteiger partial charge in [-0.05, 0) is 89.4 Å². The summed E-state index contributed by atoms with van der Waals surface area (Å²) in [4.78, 5) is 11.3. The molecular formula is C27H25BrCl2N4O5S. The molecule has 40 heavy (non-hydrogen) atoms. The van der Waals surface area contributed by atoms with Crippen LogP contribution in [0.2, 0.25) is 10.0 Å². The Morgan fingerprint density at radius 1 is 1.07 bits per heavy atom. The number of methoxy groups -OCH3 is 1. The Morgan fingerprint density at radius 3 is 2.48 bits per heavy atom. The zero-order valence-corrected chi connectivity index (χ0v) is 25.7. The van der Waals surface area contributed by atoms with Gasteiger partial charge in [0.05, 0.1) is 28.2 Å². The molecule has 0 saturated heterocycles. The van der Waals surface area contributed by atoms with E-state index in [9.17, 15) is 10.1 Å².